The van der Waals surface area contributed by atoms with Crippen LogP contribution in [0.15, 0.2) is 66.9 Å². The number of anilines is 1. The molecule has 2 N–H and O–H groups in total. The van der Waals surface area contributed by atoms with Crippen LogP contribution in [-0.2, 0) is 11.2 Å². The Hall–Kier alpha value is -3.47. The number of aromatic nitrogens is 2. The summed E-state index contributed by atoms with van der Waals surface area (Å²) in [5, 5.41) is 3.99. The van der Waals surface area contributed by atoms with E-state index in [4.69, 9.17) is 0 Å². The minimum Gasteiger partial charge on any atom is -0.353 e. The molecule has 0 aliphatic heterocycles. The number of carbonyl (C=O) groups is 1. The number of carbonyl (C=O) groups excluding carboxylic acids is 1. The highest BCUT2D eigenvalue weighted by molar-refractivity contribution is 5.92. The summed E-state index contributed by atoms with van der Waals surface area (Å²) >= 11 is 0. The standard InChI is InChI=1S/C24H22FN3O/c1-16-8-13-21-20(15-16)19(24(28-21)22-6-2-3-14-26-22)5-4-7-23(29)27-18-11-9-17(25)10-12-18/h2-3,6,8-15,28H,4-5,7H2,1H3,(H,27,29). The molecule has 0 unspecified atom stereocenters. The van der Waals surface area contributed by atoms with Crippen molar-refractivity contribution in [3.8, 4) is 11.4 Å². The zero-order valence-electron chi connectivity index (χ0n) is 16.2. The minimum atomic E-state index is -0.320. The number of hydrogen-bond acceptors (Lipinski definition) is 2. The molecule has 0 aliphatic rings. The number of aryl methyl sites for hydroxylation is 2. The van der Waals surface area contributed by atoms with Crippen molar-refractivity contribution in [2.75, 3.05) is 5.32 Å². The first kappa shape index (κ1) is 18.9. The summed E-state index contributed by atoms with van der Waals surface area (Å²) in [5.74, 6) is -0.397. The maximum Gasteiger partial charge on any atom is 0.224 e. The van der Waals surface area contributed by atoms with E-state index in [1.54, 1.807) is 18.3 Å². The molecule has 2 aromatic carbocycles. The molecule has 0 saturated heterocycles. The number of benzene rings is 2. The maximum atomic E-state index is 13.0. The van der Waals surface area contributed by atoms with Crippen molar-refractivity contribution in [3.05, 3.63) is 83.8 Å². The van der Waals surface area contributed by atoms with E-state index in [-0.39, 0.29) is 11.7 Å². The number of nitrogens with zero attached hydrogens (tertiary/aromatic N) is 1. The molecule has 2 aromatic heterocycles. The SMILES string of the molecule is Cc1ccc2[nH]c(-c3ccccn3)c(CCCC(=O)Nc3ccc(F)cc3)c2c1. The van der Waals surface area contributed by atoms with Crippen LogP contribution in [0.2, 0.25) is 0 Å². The van der Waals surface area contributed by atoms with Gasteiger partial charge in [-0.2, -0.15) is 0 Å². The van der Waals surface area contributed by atoms with E-state index in [0.717, 1.165) is 23.3 Å². The van der Waals surface area contributed by atoms with Gasteiger partial charge < -0.3 is 10.3 Å². The second-order valence-electron chi connectivity index (χ2n) is 7.15. The Labute approximate surface area is 168 Å². The molecule has 4 aromatic rings. The highest BCUT2D eigenvalue weighted by atomic mass is 19.1. The third-order valence-corrected chi connectivity index (χ3v) is 4.94. The molecule has 0 aliphatic carbocycles. The fourth-order valence-electron chi connectivity index (χ4n) is 3.53. The fraction of sp³-hybridized carbons (Fsp3) is 0.167. The van der Waals surface area contributed by atoms with Crippen LogP contribution >= 0.6 is 0 Å². The van der Waals surface area contributed by atoms with Crippen LogP contribution in [0.3, 0.4) is 0 Å². The van der Waals surface area contributed by atoms with Gasteiger partial charge in [0.1, 0.15) is 5.82 Å². The summed E-state index contributed by atoms with van der Waals surface area (Å²) in [6.45, 7) is 2.08. The Morgan fingerprint density at radius 2 is 1.93 bits per heavy atom. The molecule has 4 nitrogen and oxygen atoms in total. The number of halogens is 1. The van der Waals surface area contributed by atoms with Crippen LogP contribution in [0.4, 0.5) is 10.1 Å². The molecule has 5 heteroatoms. The van der Waals surface area contributed by atoms with E-state index in [1.807, 2.05) is 18.2 Å². The largest absolute Gasteiger partial charge is 0.353 e. The topological polar surface area (TPSA) is 57.8 Å². The van der Waals surface area contributed by atoms with Gasteiger partial charge in [-0.05, 0) is 73.9 Å². The molecule has 0 saturated carbocycles. The molecule has 2 heterocycles. The number of H-pyrrole nitrogens is 1. The minimum absolute atomic E-state index is 0.0768. The predicted molar refractivity (Wildman–Crippen MR) is 114 cm³/mol. The fourth-order valence-corrected chi connectivity index (χ4v) is 3.53. The lowest BCUT2D eigenvalue weighted by atomic mass is 10.0. The highest BCUT2D eigenvalue weighted by Gasteiger charge is 2.14. The summed E-state index contributed by atoms with van der Waals surface area (Å²) in [6, 6.07) is 18.0. The first-order valence-corrected chi connectivity index (χ1v) is 9.68. The number of pyridine rings is 1. The predicted octanol–water partition coefficient (Wildman–Crippen LogP) is 5.64. The average molecular weight is 387 g/mol. The number of rotatable bonds is 6. The number of amides is 1. The average Bonchev–Trinajstić information content (AvgIpc) is 3.08. The summed E-state index contributed by atoms with van der Waals surface area (Å²) in [7, 11) is 0. The highest BCUT2D eigenvalue weighted by Crippen LogP contribution is 2.31. The zero-order chi connectivity index (χ0) is 20.2. The number of hydrogen-bond donors (Lipinski definition) is 2. The Bertz CT molecular complexity index is 1130. The quantitative estimate of drug-likeness (QED) is 0.450. The molecule has 0 radical (unpaired) electrons. The molecule has 0 bridgehead atoms. The van der Waals surface area contributed by atoms with Crippen LogP contribution in [0.5, 0.6) is 0 Å². The van der Waals surface area contributed by atoms with Gasteiger partial charge in [-0.3, -0.25) is 9.78 Å². The van der Waals surface area contributed by atoms with Crippen LogP contribution in [0, 0.1) is 12.7 Å². The number of fused-ring (bicyclic) bond motifs is 1. The van der Waals surface area contributed by atoms with E-state index < -0.39 is 0 Å². The molecule has 0 fully saturated rings. The third kappa shape index (κ3) is 4.35. The van der Waals surface area contributed by atoms with Crippen LogP contribution in [0.1, 0.15) is 24.0 Å². The Morgan fingerprint density at radius 3 is 2.69 bits per heavy atom. The van der Waals surface area contributed by atoms with Crippen molar-refractivity contribution in [1.82, 2.24) is 9.97 Å². The Kier molecular flexibility index (Phi) is 5.38. The van der Waals surface area contributed by atoms with Crippen molar-refractivity contribution < 1.29 is 9.18 Å². The lowest BCUT2D eigenvalue weighted by Crippen LogP contribution is -2.11. The maximum absolute atomic E-state index is 13.0. The molecule has 146 valence electrons. The second kappa shape index (κ2) is 8.27. The van der Waals surface area contributed by atoms with Crippen molar-refractivity contribution in [2.45, 2.75) is 26.2 Å². The molecular formula is C24H22FN3O. The Balaban J connectivity index is 1.51. The molecule has 0 atom stereocenters. The van der Waals surface area contributed by atoms with Gasteiger partial charge in [-0.1, -0.05) is 17.7 Å². The van der Waals surface area contributed by atoms with E-state index in [0.29, 0.717) is 18.5 Å². The summed E-state index contributed by atoms with van der Waals surface area (Å²) in [6.07, 6.45) is 3.63. The summed E-state index contributed by atoms with van der Waals surface area (Å²) in [4.78, 5) is 20.3. The summed E-state index contributed by atoms with van der Waals surface area (Å²) < 4.78 is 13.0. The first-order chi connectivity index (χ1) is 14.1. The smallest absolute Gasteiger partial charge is 0.224 e. The third-order valence-electron chi connectivity index (χ3n) is 4.94. The van der Waals surface area contributed by atoms with Crippen LogP contribution < -0.4 is 5.32 Å². The van der Waals surface area contributed by atoms with Gasteiger partial charge in [0.15, 0.2) is 0 Å². The lowest BCUT2D eigenvalue weighted by Gasteiger charge is -2.07. The van der Waals surface area contributed by atoms with Gasteiger partial charge in [-0.25, -0.2) is 4.39 Å². The lowest BCUT2D eigenvalue weighted by molar-refractivity contribution is -0.116. The normalized spacial score (nSPS) is 11.0. The summed E-state index contributed by atoms with van der Waals surface area (Å²) in [5.41, 5.74) is 5.95. The van der Waals surface area contributed by atoms with E-state index in [2.05, 4.69) is 40.4 Å². The zero-order valence-corrected chi connectivity index (χ0v) is 16.2. The van der Waals surface area contributed by atoms with Crippen molar-refractivity contribution in [1.29, 1.82) is 0 Å². The van der Waals surface area contributed by atoms with E-state index in [1.165, 1.54) is 28.6 Å². The molecule has 0 spiro atoms. The molecule has 1 amide bonds. The van der Waals surface area contributed by atoms with Crippen LogP contribution in [0.25, 0.3) is 22.3 Å². The molecule has 4 rings (SSSR count). The van der Waals surface area contributed by atoms with Gasteiger partial charge in [0.2, 0.25) is 5.91 Å². The van der Waals surface area contributed by atoms with Crippen molar-refractivity contribution in [2.24, 2.45) is 0 Å². The number of aromatic amines is 1. The van der Waals surface area contributed by atoms with Gasteiger partial charge in [0.05, 0.1) is 11.4 Å². The van der Waals surface area contributed by atoms with Crippen molar-refractivity contribution >= 4 is 22.5 Å². The van der Waals surface area contributed by atoms with Crippen molar-refractivity contribution in [3.63, 3.8) is 0 Å². The number of nitrogens with one attached hydrogen (secondary N) is 2. The molecular weight excluding hydrogens is 365 g/mol. The second-order valence-corrected chi connectivity index (χ2v) is 7.15. The van der Waals surface area contributed by atoms with E-state index in [9.17, 15) is 9.18 Å². The van der Waals surface area contributed by atoms with Gasteiger partial charge in [0.25, 0.3) is 0 Å². The van der Waals surface area contributed by atoms with Gasteiger partial charge in [-0.15, -0.1) is 0 Å². The monoisotopic (exact) mass is 387 g/mol. The molecule has 29 heavy (non-hydrogen) atoms. The van der Waals surface area contributed by atoms with E-state index >= 15 is 0 Å². The Morgan fingerprint density at radius 1 is 1.10 bits per heavy atom. The first-order valence-electron chi connectivity index (χ1n) is 9.68. The van der Waals surface area contributed by atoms with Gasteiger partial charge >= 0.3 is 0 Å². The van der Waals surface area contributed by atoms with Gasteiger partial charge in [0, 0.05) is 29.2 Å². The van der Waals surface area contributed by atoms with Crippen LogP contribution in [-0.4, -0.2) is 15.9 Å².